The summed E-state index contributed by atoms with van der Waals surface area (Å²) in [5.41, 5.74) is 2.18. The van der Waals surface area contributed by atoms with Crippen LogP contribution in [0.2, 0.25) is 0 Å². The Morgan fingerprint density at radius 3 is 2.20 bits per heavy atom. The predicted molar refractivity (Wildman–Crippen MR) is 81.2 cm³/mol. The van der Waals surface area contributed by atoms with Gasteiger partial charge >= 0.3 is 0 Å². The molecule has 2 saturated heterocycles. The van der Waals surface area contributed by atoms with Gasteiger partial charge < -0.3 is 14.2 Å². The van der Waals surface area contributed by atoms with Crippen molar-refractivity contribution in [1.29, 1.82) is 0 Å². The molecule has 3 nitrogen and oxygen atoms in total. The van der Waals surface area contributed by atoms with Gasteiger partial charge in [-0.2, -0.15) is 0 Å². The Morgan fingerprint density at radius 1 is 1.00 bits per heavy atom. The average molecular weight is 292 g/mol. The maximum absolute atomic E-state index is 6.01. The van der Waals surface area contributed by atoms with Crippen molar-refractivity contribution in [3.63, 3.8) is 0 Å². The highest BCUT2D eigenvalue weighted by Gasteiger charge is 2.36. The lowest BCUT2D eigenvalue weighted by atomic mass is 10.2. The lowest BCUT2D eigenvalue weighted by Crippen LogP contribution is -2.46. The Balaban J connectivity index is 1.52. The molecule has 0 bridgehead atoms. The minimum absolute atomic E-state index is 0.467. The van der Waals surface area contributed by atoms with Gasteiger partial charge in [0.15, 0.2) is 0 Å². The van der Waals surface area contributed by atoms with E-state index in [-0.39, 0.29) is 0 Å². The van der Waals surface area contributed by atoms with E-state index < -0.39 is 8.80 Å². The van der Waals surface area contributed by atoms with Crippen LogP contribution in [0.1, 0.15) is 31.2 Å². The Bertz CT molecular complexity index is 370. The van der Waals surface area contributed by atoms with Crippen LogP contribution in [0.15, 0.2) is 30.3 Å². The van der Waals surface area contributed by atoms with Gasteiger partial charge in [0.1, 0.15) is 8.80 Å². The molecule has 0 saturated carbocycles. The third-order valence-electron chi connectivity index (χ3n) is 4.31. The molecule has 20 heavy (non-hydrogen) atoms. The van der Waals surface area contributed by atoms with E-state index in [1.54, 1.807) is 0 Å². The first-order valence-corrected chi connectivity index (χ1v) is 9.93. The largest absolute Gasteiger partial charge is 0.382 e. The van der Waals surface area contributed by atoms with Crippen molar-refractivity contribution < 1.29 is 14.2 Å². The summed E-state index contributed by atoms with van der Waals surface area (Å²) in [5.74, 6) is 0. The second kappa shape index (κ2) is 7.36. The van der Waals surface area contributed by atoms with Gasteiger partial charge in [-0.3, -0.25) is 0 Å². The fourth-order valence-corrected chi connectivity index (χ4v) is 6.61. The van der Waals surface area contributed by atoms with Crippen LogP contribution in [0.25, 0.3) is 0 Å². The van der Waals surface area contributed by atoms with Gasteiger partial charge in [0.25, 0.3) is 0 Å². The fourth-order valence-electron chi connectivity index (χ4n) is 3.22. The molecule has 2 heterocycles. The zero-order valence-electron chi connectivity index (χ0n) is 12.0. The van der Waals surface area contributed by atoms with E-state index in [9.17, 15) is 0 Å². The standard InChI is InChI=1S/C16H24O3Si/c1-2-6-14(7-3-1)12-17-13-20(15-8-4-10-18-15)16-9-5-11-19-16/h1-3,6-7,15-16,20H,4-5,8-13H2. The maximum Gasteiger partial charge on any atom is 0.134 e. The van der Waals surface area contributed by atoms with Gasteiger partial charge in [-0.1, -0.05) is 30.3 Å². The lowest BCUT2D eigenvalue weighted by molar-refractivity contribution is 0.108. The summed E-state index contributed by atoms with van der Waals surface area (Å²) in [4.78, 5) is 0. The molecule has 0 amide bonds. The number of hydrogen-bond donors (Lipinski definition) is 0. The zero-order chi connectivity index (χ0) is 13.6. The smallest absolute Gasteiger partial charge is 0.134 e. The van der Waals surface area contributed by atoms with Crippen molar-refractivity contribution in [2.75, 3.05) is 19.4 Å². The second-order valence-corrected chi connectivity index (χ2v) is 8.92. The minimum Gasteiger partial charge on any atom is -0.382 e. The quantitative estimate of drug-likeness (QED) is 0.754. The predicted octanol–water partition coefficient (Wildman–Crippen LogP) is 2.41. The molecule has 110 valence electrons. The number of rotatable bonds is 6. The number of ether oxygens (including phenoxy) is 3. The third-order valence-corrected chi connectivity index (χ3v) is 7.89. The van der Waals surface area contributed by atoms with E-state index in [1.807, 2.05) is 6.07 Å². The summed E-state index contributed by atoms with van der Waals surface area (Å²) in [7, 11) is -1.15. The molecule has 3 rings (SSSR count). The van der Waals surface area contributed by atoms with Gasteiger partial charge in [-0.15, -0.1) is 0 Å². The number of hydrogen-bond acceptors (Lipinski definition) is 3. The third kappa shape index (κ3) is 3.70. The second-order valence-electron chi connectivity index (χ2n) is 5.77. The number of benzene rings is 1. The zero-order valence-corrected chi connectivity index (χ0v) is 13.2. The van der Waals surface area contributed by atoms with Crippen LogP contribution in [-0.4, -0.2) is 39.7 Å². The Labute approximate surface area is 122 Å². The van der Waals surface area contributed by atoms with Crippen molar-refractivity contribution in [2.45, 2.75) is 43.7 Å². The molecule has 0 aliphatic carbocycles. The van der Waals surface area contributed by atoms with Crippen LogP contribution in [0.5, 0.6) is 0 Å². The summed E-state index contributed by atoms with van der Waals surface area (Å²) >= 11 is 0. The highest BCUT2D eigenvalue weighted by atomic mass is 28.3. The van der Waals surface area contributed by atoms with Crippen LogP contribution in [0.3, 0.4) is 0 Å². The Morgan fingerprint density at radius 2 is 1.65 bits per heavy atom. The van der Waals surface area contributed by atoms with E-state index in [0.717, 1.165) is 19.4 Å². The summed E-state index contributed by atoms with van der Waals surface area (Å²) in [6, 6.07) is 10.4. The molecule has 1 aromatic carbocycles. The first-order valence-electron chi connectivity index (χ1n) is 7.78. The van der Waals surface area contributed by atoms with Crippen LogP contribution in [0.4, 0.5) is 0 Å². The molecule has 2 aliphatic rings. The molecular weight excluding hydrogens is 268 g/mol. The van der Waals surface area contributed by atoms with Gasteiger partial charge in [0.2, 0.25) is 0 Å². The van der Waals surface area contributed by atoms with Crippen LogP contribution < -0.4 is 0 Å². The van der Waals surface area contributed by atoms with Crippen LogP contribution in [-0.2, 0) is 20.8 Å². The maximum atomic E-state index is 6.01. The monoisotopic (exact) mass is 292 g/mol. The normalized spacial score (nSPS) is 27.8. The highest BCUT2D eigenvalue weighted by molar-refractivity contribution is 6.61. The summed E-state index contributed by atoms with van der Waals surface area (Å²) in [6.45, 7) is 2.57. The molecular formula is C16H24O3Si. The summed E-state index contributed by atoms with van der Waals surface area (Å²) < 4.78 is 17.9. The molecule has 0 spiro atoms. The van der Waals surface area contributed by atoms with Crippen molar-refractivity contribution >= 4 is 8.80 Å². The van der Waals surface area contributed by atoms with Gasteiger partial charge in [-0.25, -0.2) is 0 Å². The van der Waals surface area contributed by atoms with Crippen LogP contribution >= 0.6 is 0 Å². The van der Waals surface area contributed by atoms with E-state index in [2.05, 4.69) is 24.3 Å². The summed E-state index contributed by atoms with van der Waals surface area (Å²) in [5, 5.41) is 0. The SMILES string of the molecule is c1ccc(COC[SiH](C2CCCO2)C2CCCO2)cc1. The van der Waals surface area contributed by atoms with Crippen molar-refractivity contribution in [3.05, 3.63) is 35.9 Å². The first kappa shape index (κ1) is 14.3. The van der Waals surface area contributed by atoms with Gasteiger partial charge in [0, 0.05) is 19.4 Å². The molecule has 2 unspecified atom stereocenters. The van der Waals surface area contributed by atoms with E-state index in [4.69, 9.17) is 14.2 Å². The van der Waals surface area contributed by atoms with Gasteiger partial charge in [-0.05, 0) is 31.2 Å². The van der Waals surface area contributed by atoms with Crippen molar-refractivity contribution in [1.82, 2.24) is 0 Å². The van der Waals surface area contributed by atoms with Crippen molar-refractivity contribution in [2.24, 2.45) is 0 Å². The molecule has 2 aliphatic heterocycles. The fraction of sp³-hybridized carbons (Fsp3) is 0.625. The molecule has 0 radical (unpaired) electrons. The van der Waals surface area contributed by atoms with E-state index in [0.29, 0.717) is 18.1 Å². The van der Waals surface area contributed by atoms with Crippen molar-refractivity contribution in [3.8, 4) is 0 Å². The van der Waals surface area contributed by atoms with E-state index >= 15 is 0 Å². The molecule has 2 atom stereocenters. The topological polar surface area (TPSA) is 27.7 Å². The Kier molecular flexibility index (Phi) is 5.25. The molecule has 0 N–H and O–H groups in total. The average Bonchev–Trinajstić information content (AvgIpc) is 3.18. The van der Waals surface area contributed by atoms with Gasteiger partial charge in [0.05, 0.1) is 18.1 Å². The summed E-state index contributed by atoms with van der Waals surface area (Å²) in [6.07, 6.45) is 5.72. The highest BCUT2D eigenvalue weighted by Crippen LogP contribution is 2.24. The molecule has 4 heteroatoms. The lowest BCUT2D eigenvalue weighted by Gasteiger charge is -2.26. The molecule has 2 fully saturated rings. The molecule has 1 aromatic rings. The minimum atomic E-state index is -1.15. The Hall–Kier alpha value is -0.683. The molecule has 0 aromatic heterocycles. The van der Waals surface area contributed by atoms with Crippen LogP contribution in [0, 0.1) is 0 Å². The van der Waals surface area contributed by atoms with E-state index in [1.165, 1.54) is 31.2 Å². The first-order chi connectivity index (χ1) is 9.93.